The highest BCUT2D eigenvalue weighted by atomic mass is 16.5. The Labute approximate surface area is 128 Å². The number of benzene rings is 2. The first-order valence-corrected chi connectivity index (χ1v) is 7.23. The molecule has 0 spiro atoms. The molecule has 1 heterocycles. The van der Waals surface area contributed by atoms with Crippen LogP contribution in [0, 0.1) is 0 Å². The normalized spacial score (nSPS) is 21.1. The molecule has 2 aromatic carbocycles. The number of rotatable bonds is 1. The van der Waals surface area contributed by atoms with Crippen LogP contribution in [-0.2, 0) is 4.79 Å². The summed E-state index contributed by atoms with van der Waals surface area (Å²) in [5, 5.41) is 9.86. The van der Waals surface area contributed by atoms with Crippen molar-refractivity contribution >= 4 is 17.9 Å². The maximum absolute atomic E-state index is 12.6. The molecule has 0 unspecified atom stereocenters. The van der Waals surface area contributed by atoms with Crippen molar-refractivity contribution in [2.24, 2.45) is 0 Å². The van der Waals surface area contributed by atoms with Crippen molar-refractivity contribution in [1.82, 2.24) is 0 Å². The van der Waals surface area contributed by atoms with Gasteiger partial charge in [0.05, 0.1) is 0 Å². The van der Waals surface area contributed by atoms with Crippen LogP contribution in [0.3, 0.4) is 0 Å². The highest BCUT2D eigenvalue weighted by Gasteiger charge is 2.37. The summed E-state index contributed by atoms with van der Waals surface area (Å²) in [4.78, 5) is 12.6. The van der Waals surface area contributed by atoms with Gasteiger partial charge in [0.2, 0.25) is 0 Å². The fraction of sp³-hybridized carbons (Fsp3) is 0.105. The predicted octanol–water partition coefficient (Wildman–Crippen LogP) is 3.59. The standard InChI is InChI=1S/C19H14O3/c20-16-7-3-1-5-12(16)9-14-11-18-15(19(14)21)10-13-6-2-4-8-17(13)22-18/h1-10,18,20H,11H2/b14-9+/t18-/m1/s1. The highest BCUT2D eigenvalue weighted by Crippen LogP contribution is 2.39. The van der Waals surface area contributed by atoms with Crippen LogP contribution in [0.25, 0.3) is 12.2 Å². The van der Waals surface area contributed by atoms with E-state index in [0.717, 1.165) is 11.3 Å². The third kappa shape index (κ3) is 2.02. The van der Waals surface area contributed by atoms with Crippen molar-refractivity contribution < 1.29 is 14.6 Å². The summed E-state index contributed by atoms with van der Waals surface area (Å²) in [6.07, 6.45) is 3.98. The van der Waals surface area contributed by atoms with E-state index in [0.29, 0.717) is 23.1 Å². The minimum absolute atomic E-state index is 0.00255. The van der Waals surface area contributed by atoms with Crippen molar-refractivity contribution in [3.05, 3.63) is 70.8 Å². The number of phenols is 1. The van der Waals surface area contributed by atoms with Gasteiger partial charge in [-0.05, 0) is 24.3 Å². The summed E-state index contributed by atoms with van der Waals surface area (Å²) < 4.78 is 5.93. The topological polar surface area (TPSA) is 46.5 Å². The molecule has 1 saturated carbocycles. The quantitative estimate of drug-likeness (QED) is 0.816. The Kier molecular flexibility index (Phi) is 2.86. The number of carbonyl (C=O) groups excluding carboxylic acids is 1. The van der Waals surface area contributed by atoms with Crippen LogP contribution in [0.5, 0.6) is 11.5 Å². The molecule has 1 fully saturated rings. The first-order valence-electron chi connectivity index (χ1n) is 7.23. The molecule has 0 amide bonds. The van der Waals surface area contributed by atoms with E-state index in [-0.39, 0.29) is 17.6 Å². The zero-order valence-electron chi connectivity index (χ0n) is 11.8. The molecule has 1 aliphatic carbocycles. The molecule has 108 valence electrons. The Hall–Kier alpha value is -2.81. The van der Waals surface area contributed by atoms with Crippen molar-refractivity contribution in [2.75, 3.05) is 0 Å². The Bertz CT molecular complexity index is 830. The van der Waals surface area contributed by atoms with Gasteiger partial charge in [0, 0.05) is 28.7 Å². The van der Waals surface area contributed by atoms with Gasteiger partial charge in [0.1, 0.15) is 17.6 Å². The van der Waals surface area contributed by atoms with Crippen LogP contribution in [0.15, 0.2) is 59.7 Å². The third-order valence-electron chi connectivity index (χ3n) is 4.07. The van der Waals surface area contributed by atoms with Crippen molar-refractivity contribution in [3.63, 3.8) is 0 Å². The van der Waals surface area contributed by atoms with Crippen LogP contribution in [0.1, 0.15) is 17.5 Å². The van der Waals surface area contributed by atoms with Crippen LogP contribution in [0.2, 0.25) is 0 Å². The SMILES string of the molecule is O=C1C2=Cc3ccccc3O[C@@H]2C/C1=C\c1ccccc1O. The van der Waals surface area contributed by atoms with E-state index >= 15 is 0 Å². The van der Waals surface area contributed by atoms with Crippen LogP contribution in [-0.4, -0.2) is 17.0 Å². The molecule has 2 aliphatic rings. The minimum atomic E-state index is -0.223. The second kappa shape index (κ2) is 4.88. The fourth-order valence-electron chi connectivity index (χ4n) is 2.95. The van der Waals surface area contributed by atoms with Gasteiger partial charge in [-0.3, -0.25) is 4.79 Å². The molecule has 0 radical (unpaired) electrons. The average molecular weight is 290 g/mol. The lowest BCUT2D eigenvalue weighted by atomic mass is 10.0. The summed E-state index contributed by atoms with van der Waals surface area (Å²) in [5.41, 5.74) is 2.96. The Morgan fingerprint density at radius 2 is 1.86 bits per heavy atom. The zero-order valence-corrected chi connectivity index (χ0v) is 11.8. The van der Waals surface area contributed by atoms with Gasteiger partial charge in [-0.2, -0.15) is 0 Å². The summed E-state index contributed by atoms with van der Waals surface area (Å²) in [5.74, 6) is 0.992. The highest BCUT2D eigenvalue weighted by molar-refractivity contribution is 6.17. The van der Waals surface area contributed by atoms with Gasteiger partial charge in [-0.15, -0.1) is 0 Å². The number of ketones is 1. The number of aromatic hydroxyl groups is 1. The van der Waals surface area contributed by atoms with E-state index in [1.54, 1.807) is 24.3 Å². The number of Topliss-reactive ketones (excluding diaryl/α,β-unsaturated/α-hetero) is 1. The number of ether oxygens (including phenoxy) is 1. The molecule has 22 heavy (non-hydrogen) atoms. The zero-order chi connectivity index (χ0) is 15.1. The molecule has 0 bridgehead atoms. The molecule has 0 aromatic heterocycles. The van der Waals surface area contributed by atoms with Gasteiger partial charge in [-0.25, -0.2) is 0 Å². The predicted molar refractivity (Wildman–Crippen MR) is 84.5 cm³/mol. The smallest absolute Gasteiger partial charge is 0.188 e. The van der Waals surface area contributed by atoms with E-state index in [9.17, 15) is 9.90 Å². The van der Waals surface area contributed by atoms with E-state index in [2.05, 4.69) is 0 Å². The van der Waals surface area contributed by atoms with E-state index in [1.807, 2.05) is 36.4 Å². The largest absolute Gasteiger partial charge is 0.507 e. The summed E-state index contributed by atoms with van der Waals surface area (Å²) >= 11 is 0. The van der Waals surface area contributed by atoms with Gasteiger partial charge in [-0.1, -0.05) is 36.4 Å². The van der Waals surface area contributed by atoms with Gasteiger partial charge in [0.25, 0.3) is 0 Å². The van der Waals surface area contributed by atoms with E-state index in [4.69, 9.17) is 4.74 Å². The van der Waals surface area contributed by atoms with Crippen molar-refractivity contribution in [3.8, 4) is 11.5 Å². The lowest BCUT2D eigenvalue weighted by Crippen LogP contribution is -2.19. The molecular weight excluding hydrogens is 276 g/mol. The van der Waals surface area contributed by atoms with E-state index < -0.39 is 0 Å². The molecule has 1 N–H and O–H groups in total. The summed E-state index contributed by atoms with van der Waals surface area (Å²) in [6, 6.07) is 14.7. The second-order valence-corrected chi connectivity index (χ2v) is 5.51. The Morgan fingerprint density at radius 3 is 2.73 bits per heavy atom. The van der Waals surface area contributed by atoms with Gasteiger partial charge in [0.15, 0.2) is 5.78 Å². The molecular formula is C19H14O3. The fourth-order valence-corrected chi connectivity index (χ4v) is 2.95. The van der Waals surface area contributed by atoms with Crippen molar-refractivity contribution in [1.29, 1.82) is 0 Å². The maximum atomic E-state index is 12.6. The van der Waals surface area contributed by atoms with Crippen LogP contribution < -0.4 is 4.74 Å². The number of carbonyl (C=O) groups is 1. The monoisotopic (exact) mass is 290 g/mol. The number of fused-ring (bicyclic) bond motifs is 2. The maximum Gasteiger partial charge on any atom is 0.188 e. The molecule has 1 aliphatic heterocycles. The van der Waals surface area contributed by atoms with E-state index in [1.165, 1.54) is 0 Å². The molecule has 0 saturated heterocycles. The first-order chi connectivity index (χ1) is 10.7. The summed E-state index contributed by atoms with van der Waals surface area (Å²) in [7, 11) is 0. The van der Waals surface area contributed by atoms with Gasteiger partial charge < -0.3 is 9.84 Å². The Morgan fingerprint density at radius 1 is 1.09 bits per heavy atom. The molecule has 4 rings (SSSR count). The Balaban J connectivity index is 1.72. The number of hydrogen-bond donors (Lipinski definition) is 1. The number of phenolic OH excluding ortho intramolecular Hbond substituents is 1. The number of para-hydroxylation sites is 2. The molecule has 3 heteroatoms. The summed E-state index contributed by atoms with van der Waals surface area (Å²) in [6.45, 7) is 0. The lowest BCUT2D eigenvalue weighted by Gasteiger charge is -2.20. The third-order valence-corrected chi connectivity index (χ3v) is 4.07. The average Bonchev–Trinajstić information content (AvgIpc) is 2.83. The minimum Gasteiger partial charge on any atom is -0.507 e. The molecule has 2 aromatic rings. The second-order valence-electron chi connectivity index (χ2n) is 5.51. The van der Waals surface area contributed by atoms with Crippen molar-refractivity contribution in [2.45, 2.75) is 12.5 Å². The van der Waals surface area contributed by atoms with Crippen LogP contribution in [0.4, 0.5) is 0 Å². The van der Waals surface area contributed by atoms with Gasteiger partial charge >= 0.3 is 0 Å². The number of hydrogen-bond acceptors (Lipinski definition) is 3. The van der Waals surface area contributed by atoms with Crippen LogP contribution >= 0.6 is 0 Å². The lowest BCUT2D eigenvalue weighted by molar-refractivity contribution is -0.111. The molecule has 3 nitrogen and oxygen atoms in total. The first kappa shape index (κ1) is 12.9. The molecule has 1 atom stereocenters.